The Morgan fingerprint density at radius 1 is 0.972 bits per heavy atom. The number of amides is 2. The Morgan fingerprint density at radius 2 is 1.64 bits per heavy atom. The second kappa shape index (κ2) is 12.1. The van der Waals surface area contributed by atoms with Crippen LogP contribution < -0.4 is 5.32 Å². The summed E-state index contributed by atoms with van der Waals surface area (Å²) in [4.78, 5) is 38.5. The van der Waals surface area contributed by atoms with Crippen LogP contribution >= 0.6 is 0 Å². The van der Waals surface area contributed by atoms with Crippen molar-refractivity contribution in [1.29, 1.82) is 0 Å². The molecule has 0 bridgehead atoms. The average Bonchev–Trinajstić information content (AvgIpc) is 2.87. The fraction of sp³-hybridized carbons (Fsp3) is 0.423. The molecule has 1 aliphatic heterocycles. The molecular formula is C26H33N3O6S. The number of aryl methyl sites for hydroxylation is 2. The van der Waals surface area contributed by atoms with Gasteiger partial charge in [-0.25, -0.2) is 8.42 Å². The molecule has 194 valence electrons. The molecule has 0 aromatic heterocycles. The first-order chi connectivity index (χ1) is 17.1. The Hall–Kier alpha value is -3.24. The van der Waals surface area contributed by atoms with Gasteiger partial charge in [0.2, 0.25) is 15.9 Å². The molecule has 0 spiro atoms. The summed E-state index contributed by atoms with van der Waals surface area (Å²) in [6.45, 7) is 5.89. The third kappa shape index (κ3) is 7.14. The highest BCUT2D eigenvalue weighted by Gasteiger charge is 2.31. The summed E-state index contributed by atoms with van der Waals surface area (Å²) >= 11 is 0. The van der Waals surface area contributed by atoms with E-state index in [1.165, 1.54) is 4.31 Å². The molecule has 1 heterocycles. The SMILES string of the molecule is Cc1ccc(C)c(S(=O)(=O)N2CCN(C(=O)CCC(=O)OCC(=O)NC(C)c3ccccc3)CC2)c1. The van der Waals surface area contributed by atoms with E-state index in [4.69, 9.17) is 4.74 Å². The molecular weight excluding hydrogens is 482 g/mol. The van der Waals surface area contributed by atoms with E-state index in [1.807, 2.05) is 50.2 Å². The number of esters is 1. The first-order valence-electron chi connectivity index (χ1n) is 11.9. The molecule has 1 fully saturated rings. The Labute approximate surface area is 212 Å². The maximum absolute atomic E-state index is 13.1. The average molecular weight is 516 g/mol. The van der Waals surface area contributed by atoms with E-state index < -0.39 is 28.5 Å². The quantitative estimate of drug-likeness (QED) is 0.513. The van der Waals surface area contributed by atoms with E-state index in [0.717, 1.165) is 11.1 Å². The van der Waals surface area contributed by atoms with Crippen molar-refractivity contribution in [3.63, 3.8) is 0 Å². The highest BCUT2D eigenvalue weighted by molar-refractivity contribution is 7.89. The number of benzene rings is 2. The van der Waals surface area contributed by atoms with Crippen molar-refractivity contribution in [3.05, 3.63) is 65.2 Å². The zero-order chi connectivity index (χ0) is 26.3. The van der Waals surface area contributed by atoms with Gasteiger partial charge in [-0.1, -0.05) is 42.5 Å². The smallest absolute Gasteiger partial charge is 0.306 e. The fourth-order valence-corrected chi connectivity index (χ4v) is 5.73. The predicted octanol–water partition coefficient (Wildman–Crippen LogP) is 2.34. The standard InChI is InChI=1S/C26H33N3O6S/c1-19-9-10-20(2)23(17-19)36(33,34)29-15-13-28(14-16-29)25(31)11-12-26(32)35-18-24(30)27-21(3)22-7-5-4-6-8-22/h4-10,17,21H,11-16,18H2,1-3H3,(H,27,30). The molecule has 0 saturated carbocycles. The molecule has 10 heteroatoms. The van der Waals surface area contributed by atoms with Crippen LogP contribution in [0, 0.1) is 13.8 Å². The second-order valence-electron chi connectivity index (χ2n) is 8.91. The van der Waals surface area contributed by atoms with E-state index in [9.17, 15) is 22.8 Å². The van der Waals surface area contributed by atoms with Gasteiger partial charge in [-0.3, -0.25) is 14.4 Å². The van der Waals surface area contributed by atoms with Crippen molar-refractivity contribution in [2.24, 2.45) is 0 Å². The number of rotatable bonds is 9. The summed E-state index contributed by atoms with van der Waals surface area (Å²) in [5.74, 6) is -1.31. The first kappa shape index (κ1) is 27.3. The van der Waals surface area contributed by atoms with Crippen molar-refractivity contribution >= 4 is 27.8 Å². The number of carbonyl (C=O) groups is 3. The van der Waals surface area contributed by atoms with Gasteiger partial charge in [0.1, 0.15) is 0 Å². The third-order valence-corrected chi connectivity index (χ3v) is 8.18. The van der Waals surface area contributed by atoms with Crippen LogP contribution in [0.5, 0.6) is 0 Å². The Bertz CT molecular complexity index is 1190. The monoisotopic (exact) mass is 515 g/mol. The van der Waals surface area contributed by atoms with Gasteiger partial charge in [0, 0.05) is 32.6 Å². The van der Waals surface area contributed by atoms with Gasteiger partial charge in [-0.2, -0.15) is 4.31 Å². The van der Waals surface area contributed by atoms with Crippen molar-refractivity contribution < 1.29 is 27.5 Å². The van der Waals surface area contributed by atoms with E-state index in [0.29, 0.717) is 5.56 Å². The third-order valence-electron chi connectivity index (χ3n) is 6.14. The number of piperazine rings is 1. The van der Waals surface area contributed by atoms with Gasteiger partial charge in [0.05, 0.1) is 17.4 Å². The van der Waals surface area contributed by atoms with E-state index in [1.54, 1.807) is 24.0 Å². The summed E-state index contributed by atoms with van der Waals surface area (Å²) in [6.07, 6.45) is -0.216. The zero-order valence-electron chi connectivity index (χ0n) is 20.9. The summed E-state index contributed by atoms with van der Waals surface area (Å²) in [6, 6.07) is 14.5. The molecule has 3 rings (SSSR count). The highest BCUT2D eigenvalue weighted by Crippen LogP contribution is 2.22. The highest BCUT2D eigenvalue weighted by atomic mass is 32.2. The normalized spacial score (nSPS) is 15.2. The lowest BCUT2D eigenvalue weighted by molar-refractivity contribution is -0.150. The van der Waals surface area contributed by atoms with Crippen LogP contribution in [0.1, 0.15) is 42.5 Å². The number of hydrogen-bond donors (Lipinski definition) is 1. The predicted molar refractivity (Wildman–Crippen MR) is 134 cm³/mol. The molecule has 1 unspecified atom stereocenters. The topological polar surface area (TPSA) is 113 Å². The summed E-state index contributed by atoms with van der Waals surface area (Å²) in [5, 5.41) is 2.76. The molecule has 2 aromatic carbocycles. The van der Waals surface area contributed by atoms with Crippen molar-refractivity contribution in [2.45, 2.75) is 44.6 Å². The molecule has 1 N–H and O–H groups in total. The van der Waals surface area contributed by atoms with Crippen LogP contribution in [0.3, 0.4) is 0 Å². The van der Waals surface area contributed by atoms with Gasteiger partial charge in [-0.15, -0.1) is 0 Å². The molecule has 1 atom stereocenters. The van der Waals surface area contributed by atoms with Gasteiger partial charge in [0.25, 0.3) is 5.91 Å². The lowest BCUT2D eigenvalue weighted by atomic mass is 10.1. The number of nitrogens with zero attached hydrogens (tertiary/aromatic N) is 2. The Kier molecular flexibility index (Phi) is 9.22. The molecule has 2 amide bonds. The molecule has 2 aromatic rings. The Balaban J connectivity index is 1.40. The van der Waals surface area contributed by atoms with Crippen molar-refractivity contribution in [2.75, 3.05) is 32.8 Å². The van der Waals surface area contributed by atoms with Gasteiger partial charge < -0.3 is 15.0 Å². The lowest BCUT2D eigenvalue weighted by Gasteiger charge is -2.34. The number of hydrogen-bond acceptors (Lipinski definition) is 6. The van der Waals surface area contributed by atoms with E-state index in [-0.39, 0.29) is 55.9 Å². The number of carbonyl (C=O) groups excluding carboxylic acids is 3. The summed E-state index contributed by atoms with van der Waals surface area (Å²) < 4.78 is 32.5. The molecule has 1 saturated heterocycles. The minimum absolute atomic E-state index is 0.0649. The van der Waals surface area contributed by atoms with Crippen LogP contribution in [-0.2, 0) is 29.1 Å². The van der Waals surface area contributed by atoms with Crippen molar-refractivity contribution in [1.82, 2.24) is 14.5 Å². The maximum atomic E-state index is 13.1. The van der Waals surface area contributed by atoms with E-state index >= 15 is 0 Å². The molecule has 1 aliphatic rings. The first-order valence-corrected chi connectivity index (χ1v) is 13.4. The number of nitrogens with one attached hydrogen (secondary N) is 1. The van der Waals surface area contributed by atoms with Crippen molar-refractivity contribution in [3.8, 4) is 0 Å². The van der Waals surface area contributed by atoms with Crippen LogP contribution in [0.25, 0.3) is 0 Å². The van der Waals surface area contributed by atoms with Gasteiger partial charge in [0.15, 0.2) is 6.61 Å². The van der Waals surface area contributed by atoms with Gasteiger partial charge >= 0.3 is 5.97 Å². The van der Waals surface area contributed by atoms with Crippen LogP contribution in [0.4, 0.5) is 0 Å². The summed E-state index contributed by atoms with van der Waals surface area (Å²) in [7, 11) is -3.65. The van der Waals surface area contributed by atoms with Crippen LogP contribution in [-0.4, -0.2) is 68.2 Å². The zero-order valence-corrected chi connectivity index (χ0v) is 21.7. The molecule has 0 aliphatic carbocycles. The van der Waals surface area contributed by atoms with Crippen LogP contribution in [0.2, 0.25) is 0 Å². The van der Waals surface area contributed by atoms with Gasteiger partial charge in [-0.05, 0) is 43.5 Å². The largest absolute Gasteiger partial charge is 0.456 e. The van der Waals surface area contributed by atoms with E-state index in [2.05, 4.69) is 5.32 Å². The minimum Gasteiger partial charge on any atom is -0.456 e. The lowest BCUT2D eigenvalue weighted by Crippen LogP contribution is -2.50. The van der Waals surface area contributed by atoms with Crippen LogP contribution in [0.15, 0.2) is 53.4 Å². The summed E-state index contributed by atoms with van der Waals surface area (Å²) in [5.41, 5.74) is 2.48. The molecule has 9 nitrogen and oxygen atoms in total. The Morgan fingerprint density at radius 3 is 2.31 bits per heavy atom. The number of ether oxygens (including phenoxy) is 1. The number of sulfonamides is 1. The fourth-order valence-electron chi connectivity index (χ4n) is 4.00. The molecule has 0 radical (unpaired) electrons. The minimum atomic E-state index is -3.65. The second-order valence-corrected chi connectivity index (χ2v) is 10.8. The molecule has 36 heavy (non-hydrogen) atoms. The maximum Gasteiger partial charge on any atom is 0.306 e.